The van der Waals surface area contributed by atoms with E-state index in [1.54, 1.807) is 0 Å². The summed E-state index contributed by atoms with van der Waals surface area (Å²) in [7, 11) is 5.44. The van der Waals surface area contributed by atoms with E-state index >= 15 is 0 Å². The highest BCUT2D eigenvalue weighted by Crippen LogP contribution is 2.86. The first-order valence-electron chi connectivity index (χ1n) is 8.56. The maximum Gasteiger partial charge on any atom is 0.0178 e. The molecule has 0 aliphatic heterocycles. The van der Waals surface area contributed by atoms with Crippen LogP contribution in [0.1, 0.15) is 27.7 Å². The van der Waals surface area contributed by atoms with Crippen molar-refractivity contribution >= 4 is 71.5 Å². The van der Waals surface area contributed by atoms with Crippen molar-refractivity contribution in [3.63, 3.8) is 0 Å². The Bertz CT molecular complexity index is 722. The van der Waals surface area contributed by atoms with Gasteiger partial charge in [0, 0.05) is 10.6 Å². The minimum Gasteiger partial charge on any atom is -0.0933 e. The van der Waals surface area contributed by atoms with Crippen LogP contribution < -0.4 is 0 Å². The SMILES string of the molecule is CCp1[pH][pH]p(CC)p1-c1ccccc1-p1p(CC)[pH][pH]p1CC. The van der Waals surface area contributed by atoms with Gasteiger partial charge in [-0.05, 0) is 50.6 Å². The second-order valence-corrected chi connectivity index (χ2v) is 48.3. The zero-order valence-corrected chi connectivity index (χ0v) is 24.2. The lowest BCUT2D eigenvalue weighted by atomic mass is 10.4. The monoisotopic (exact) mass is 506 g/mol. The van der Waals surface area contributed by atoms with Crippen LogP contribution in [0.25, 0.3) is 10.6 Å². The van der Waals surface area contributed by atoms with E-state index < -0.39 is 0 Å². The molecule has 0 fully saturated rings. The third kappa shape index (κ3) is 4.28. The molecule has 0 nitrogen and oxygen atoms in total. The third-order valence-electron chi connectivity index (χ3n) is 4.04. The van der Waals surface area contributed by atoms with E-state index in [2.05, 4.69) is 52.0 Å². The molecular formula is C14H28P10. The van der Waals surface area contributed by atoms with Gasteiger partial charge in [0.2, 0.25) is 0 Å². The van der Waals surface area contributed by atoms with Gasteiger partial charge >= 0.3 is 0 Å². The Morgan fingerprint density at radius 1 is 0.583 bits per heavy atom. The molecular weight excluding hydrogens is 478 g/mol. The summed E-state index contributed by atoms with van der Waals surface area (Å²) in [4.78, 5) is 0. The predicted octanol–water partition coefficient (Wildman–Crippen LogP) is 12.0. The van der Waals surface area contributed by atoms with Crippen LogP contribution >= 0.6 is 71.5 Å². The Hall–Kier alpha value is 2.22. The van der Waals surface area contributed by atoms with Gasteiger partial charge in [0.05, 0.1) is 0 Å². The third-order valence-corrected chi connectivity index (χ3v) is 78.6. The van der Waals surface area contributed by atoms with Gasteiger partial charge in [0.25, 0.3) is 0 Å². The summed E-state index contributed by atoms with van der Waals surface area (Å²) in [5.41, 5.74) is 0. The van der Waals surface area contributed by atoms with Crippen molar-refractivity contribution in [3.05, 3.63) is 24.3 Å². The average molecular weight is 506 g/mol. The number of hydrogen-bond donors (Lipinski definition) is 0. The molecule has 0 aliphatic rings. The van der Waals surface area contributed by atoms with E-state index in [1.807, 2.05) is 10.6 Å². The van der Waals surface area contributed by atoms with E-state index in [9.17, 15) is 0 Å². The highest BCUT2D eigenvalue weighted by atomic mass is 32.6. The molecule has 0 radical (unpaired) electrons. The molecule has 0 spiro atoms. The first-order valence-corrected chi connectivity index (χ1v) is 29.5. The quantitative estimate of drug-likeness (QED) is 0.312. The van der Waals surface area contributed by atoms with Crippen molar-refractivity contribution in [2.45, 2.75) is 52.3 Å². The van der Waals surface area contributed by atoms with Crippen molar-refractivity contribution in [1.82, 2.24) is 0 Å². The number of hydrogen-bond acceptors (Lipinski definition) is 0. The first kappa shape index (κ1) is 20.9. The van der Waals surface area contributed by atoms with Crippen molar-refractivity contribution in [2.75, 3.05) is 0 Å². The minimum absolute atomic E-state index is 0.245. The van der Waals surface area contributed by atoms with Gasteiger partial charge in [-0.2, -0.15) is 0 Å². The van der Waals surface area contributed by atoms with Gasteiger partial charge in [0.1, 0.15) is 0 Å². The Morgan fingerprint density at radius 2 is 0.875 bits per heavy atom. The van der Waals surface area contributed by atoms with Gasteiger partial charge in [-0.25, -0.2) is 0 Å². The van der Waals surface area contributed by atoms with Crippen molar-refractivity contribution in [1.29, 1.82) is 0 Å². The summed E-state index contributed by atoms with van der Waals surface area (Å²) in [6, 6.07) is 10.0. The molecule has 2 aromatic heterocycles. The highest BCUT2D eigenvalue weighted by Gasteiger charge is 2.17. The summed E-state index contributed by atoms with van der Waals surface area (Å²) in [6.45, 7) is 11.9. The summed E-state index contributed by atoms with van der Waals surface area (Å²) in [5, 5.41) is 3.91. The molecule has 24 heavy (non-hydrogen) atoms. The van der Waals surface area contributed by atoms with Crippen LogP contribution in [0.4, 0.5) is 0 Å². The zero-order valence-electron chi connectivity index (χ0n) is 14.8. The number of benzene rings is 1. The fourth-order valence-electron chi connectivity index (χ4n) is 2.86. The van der Waals surface area contributed by atoms with Crippen LogP contribution in [0, 0.1) is 0 Å². The van der Waals surface area contributed by atoms with Crippen LogP contribution in [-0.4, -0.2) is 0 Å². The van der Waals surface area contributed by atoms with Crippen LogP contribution in [0.2, 0.25) is 0 Å². The van der Waals surface area contributed by atoms with E-state index in [4.69, 9.17) is 0 Å². The lowest BCUT2D eigenvalue weighted by Gasteiger charge is -2.16. The molecule has 0 saturated carbocycles. The normalized spacial score (nSPS) is 17.0. The van der Waals surface area contributed by atoms with Gasteiger partial charge < -0.3 is 0 Å². The molecule has 134 valence electrons. The van der Waals surface area contributed by atoms with E-state index in [0.29, 0.717) is 27.6 Å². The molecule has 2 heterocycles. The van der Waals surface area contributed by atoms with Crippen LogP contribution in [-0.2, 0) is 24.6 Å². The molecule has 8 unspecified atom stereocenters. The van der Waals surface area contributed by atoms with Crippen LogP contribution in [0.15, 0.2) is 24.3 Å². The van der Waals surface area contributed by atoms with E-state index in [-0.39, 0.29) is 13.8 Å². The van der Waals surface area contributed by atoms with Gasteiger partial charge in [-0.1, -0.05) is 97.6 Å². The standard InChI is InChI=1S/C14H28P10/c1-5-19-15-16-20(6-2)23(19)13-11-9-10-12-14(13)24-21(7-3)17-18-22(24)8-4/h9-12,15-18H,5-8H2,1-4H3. The Kier molecular flexibility index (Phi) is 8.84. The second kappa shape index (κ2) is 10.1. The Labute approximate surface area is 158 Å². The van der Waals surface area contributed by atoms with Crippen LogP contribution in [0.3, 0.4) is 0 Å². The second-order valence-electron chi connectivity index (χ2n) is 5.38. The van der Waals surface area contributed by atoms with Gasteiger partial charge in [-0.15, -0.1) is 0 Å². The maximum atomic E-state index is 2.62. The molecule has 1 aromatic carbocycles. The smallest absolute Gasteiger partial charge is 0.0178 e. The van der Waals surface area contributed by atoms with Gasteiger partial charge in [0.15, 0.2) is 0 Å². The molecule has 8 atom stereocenters. The Balaban J connectivity index is 2.28. The van der Waals surface area contributed by atoms with Crippen LogP contribution in [0.5, 0.6) is 0 Å². The fourth-order valence-corrected chi connectivity index (χ4v) is 118. The molecule has 10 heteroatoms. The minimum atomic E-state index is 0.245. The lowest BCUT2D eigenvalue weighted by molar-refractivity contribution is 1.39. The predicted molar refractivity (Wildman–Crippen MR) is 141 cm³/mol. The summed E-state index contributed by atoms with van der Waals surface area (Å²) in [6.07, 6.45) is 6.02. The van der Waals surface area contributed by atoms with E-state index in [0.717, 1.165) is 0 Å². The zero-order chi connectivity index (χ0) is 17.1. The van der Waals surface area contributed by atoms with Crippen molar-refractivity contribution in [3.8, 4) is 10.6 Å². The Morgan fingerprint density at radius 3 is 1.12 bits per heavy atom. The molecule has 0 bridgehead atoms. The summed E-state index contributed by atoms with van der Waals surface area (Å²) < 4.78 is 0. The molecule has 0 amide bonds. The lowest BCUT2D eigenvalue weighted by Crippen LogP contribution is -1.70. The fraction of sp³-hybridized carbons (Fsp3) is 0.571. The molecule has 0 aliphatic carbocycles. The van der Waals surface area contributed by atoms with Gasteiger partial charge in [-0.3, -0.25) is 0 Å². The highest BCUT2D eigenvalue weighted by molar-refractivity contribution is 8.69. The van der Waals surface area contributed by atoms with Crippen molar-refractivity contribution < 1.29 is 0 Å². The topological polar surface area (TPSA) is 0 Å². The molecule has 0 saturated heterocycles. The maximum absolute atomic E-state index is 2.62. The molecule has 3 rings (SSSR count). The molecule has 3 aromatic rings. The largest absolute Gasteiger partial charge is 0.0933 e. The summed E-state index contributed by atoms with van der Waals surface area (Å²) >= 11 is 0. The first-order chi connectivity index (χ1) is 11.7. The van der Waals surface area contributed by atoms with Crippen molar-refractivity contribution in [2.24, 2.45) is 0 Å². The van der Waals surface area contributed by atoms with E-state index in [1.165, 1.54) is 54.8 Å². The number of rotatable bonds is 6. The number of aryl methyl sites for hydroxylation is 4. The summed E-state index contributed by atoms with van der Waals surface area (Å²) in [5.74, 6) is 0. The molecule has 0 N–H and O–H groups in total. The average Bonchev–Trinajstić information content (AvgIpc) is 3.24.